The van der Waals surface area contributed by atoms with Gasteiger partial charge in [-0.25, -0.2) is 0 Å². The molecular formula is C30H32N2O3. The number of hydrogen-bond donors (Lipinski definition) is 2. The number of rotatable bonds is 7. The van der Waals surface area contributed by atoms with Gasteiger partial charge in [0.2, 0.25) is 0 Å². The Hall–Kier alpha value is -3.73. The summed E-state index contributed by atoms with van der Waals surface area (Å²) in [6.45, 7) is 2.81. The fourth-order valence-corrected chi connectivity index (χ4v) is 5.03. The highest BCUT2D eigenvalue weighted by atomic mass is 16.5. The van der Waals surface area contributed by atoms with E-state index in [0.717, 1.165) is 64.5 Å². The zero-order valence-corrected chi connectivity index (χ0v) is 20.3. The van der Waals surface area contributed by atoms with Crippen molar-refractivity contribution in [3.63, 3.8) is 0 Å². The lowest BCUT2D eigenvalue weighted by Crippen LogP contribution is -2.27. The summed E-state index contributed by atoms with van der Waals surface area (Å²) in [4.78, 5) is 13.8. The molecule has 5 rings (SSSR count). The molecule has 3 aromatic carbocycles. The molecule has 1 aliphatic carbocycles. The quantitative estimate of drug-likeness (QED) is 0.371. The summed E-state index contributed by atoms with van der Waals surface area (Å²) in [5.41, 5.74) is 5.83. The summed E-state index contributed by atoms with van der Waals surface area (Å²) in [5, 5.41) is 7.28. The maximum Gasteiger partial charge on any atom is 0.163 e. The Kier molecular flexibility index (Phi) is 6.75. The summed E-state index contributed by atoms with van der Waals surface area (Å²) in [6.07, 6.45) is 3.27. The van der Waals surface area contributed by atoms with E-state index >= 15 is 0 Å². The van der Waals surface area contributed by atoms with Gasteiger partial charge in [-0.1, -0.05) is 55.8 Å². The number of methoxy groups -OCH3 is 1. The highest BCUT2D eigenvalue weighted by Crippen LogP contribution is 2.46. The first kappa shape index (κ1) is 23.0. The second-order valence-electron chi connectivity index (χ2n) is 9.18. The molecule has 2 N–H and O–H groups in total. The third kappa shape index (κ3) is 4.76. The minimum atomic E-state index is -0.294. The van der Waals surface area contributed by atoms with Gasteiger partial charge in [0.05, 0.1) is 31.1 Å². The monoisotopic (exact) mass is 468 g/mol. The van der Waals surface area contributed by atoms with Crippen LogP contribution in [-0.4, -0.2) is 19.5 Å². The molecule has 0 radical (unpaired) electrons. The van der Waals surface area contributed by atoms with Gasteiger partial charge in [-0.15, -0.1) is 0 Å². The molecule has 2 atom stereocenters. The number of para-hydroxylation sites is 3. The highest BCUT2D eigenvalue weighted by molar-refractivity contribution is 6.01. The fraction of sp³-hybridized carbons (Fsp3) is 0.300. The number of benzene rings is 3. The van der Waals surface area contributed by atoms with Crippen molar-refractivity contribution in [1.82, 2.24) is 0 Å². The van der Waals surface area contributed by atoms with Crippen molar-refractivity contribution in [2.45, 2.75) is 44.6 Å². The smallest absolute Gasteiger partial charge is 0.163 e. The number of Topliss-reactive ketones (excluding diaryl/α,β-unsaturated/α-hetero) is 1. The number of ether oxygens (including phenoxy) is 2. The van der Waals surface area contributed by atoms with E-state index in [9.17, 15) is 4.79 Å². The van der Waals surface area contributed by atoms with Crippen LogP contribution in [0.1, 0.15) is 55.7 Å². The van der Waals surface area contributed by atoms with E-state index < -0.39 is 0 Å². The third-order valence-corrected chi connectivity index (χ3v) is 6.86. The SMILES string of the molecule is CCCCOc1ccccc1C1Nc2ccccc2NC2=C1C(=O)CC(c1cccc(OC)c1)C2. The van der Waals surface area contributed by atoms with Gasteiger partial charge >= 0.3 is 0 Å². The maximum absolute atomic E-state index is 13.8. The topological polar surface area (TPSA) is 59.6 Å². The van der Waals surface area contributed by atoms with E-state index in [0.29, 0.717) is 13.0 Å². The minimum absolute atomic E-state index is 0.0887. The van der Waals surface area contributed by atoms with Gasteiger partial charge in [-0.2, -0.15) is 0 Å². The van der Waals surface area contributed by atoms with Crippen molar-refractivity contribution in [1.29, 1.82) is 0 Å². The Morgan fingerprint density at radius 2 is 1.74 bits per heavy atom. The van der Waals surface area contributed by atoms with Gasteiger partial charge in [0.25, 0.3) is 0 Å². The van der Waals surface area contributed by atoms with Crippen LogP contribution in [0.3, 0.4) is 0 Å². The number of nitrogens with one attached hydrogen (secondary N) is 2. The van der Waals surface area contributed by atoms with E-state index in [-0.39, 0.29) is 17.7 Å². The van der Waals surface area contributed by atoms with Crippen LogP contribution in [-0.2, 0) is 4.79 Å². The first-order chi connectivity index (χ1) is 17.2. The molecule has 3 aromatic rings. The number of hydrogen-bond acceptors (Lipinski definition) is 5. The molecule has 2 unspecified atom stereocenters. The van der Waals surface area contributed by atoms with Gasteiger partial charge in [0.1, 0.15) is 11.5 Å². The van der Waals surface area contributed by atoms with Crippen LogP contribution < -0.4 is 20.1 Å². The average Bonchev–Trinajstić information content (AvgIpc) is 3.06. The Morgan fingerprint density at radius 3 is 2.57 bits per heavy atom. The molecule has 35 heavy (non-hydrogen) atoms. The first-order valence-corrected chi connectivity index (χ1v) is 12.4. The summed E-state index contributed by atoms with van der Waals surface area (Å²) >= 11 is 0. The van der Waals surface area contributed by atoms with Crippen molar-refractivity contribution < 1.29 is 14.3 Å². The molecule has 0 amide bonds. The Bertz CT molecular complexity index is 1250. The number of anilines is 2. The molecule has 1 heterocycles. The van der Waals surface area contributed by atoms with Crippen molar-refractivity contribution in [3.8, 4) is 11.5 Å². The molecule has 2 aliphatic rings. The number of carbonyl (C=O) groups is 1. The van der Waals surface area contributed by atoms with Crippen molar-refractivity contribution in [2.24, 2.45) is 0 Å². The molecule has 180 valence electrons. The number of fused-ring (bicyclic) bond motifs is 1. The summed E-state index contributed by atoms with van der Waals surface area (Å²) in [5.74, 6) is 1.88. The number of carbonyl (C=O) groups excluding carboxylic acids is 1. The third-order valence-electron chi connectivity index (χ3n) is 6.86. The molecule has 0 saturated heterocycles. The number of allylic oxidation sites excluding steroid dienone is 1. The van der Waals surface area contributed by atoms with Crippen LogP contribution in [0.25, 0.3) is 0 Å². The van der Waals surface area contributed by atoms with E-state index in [2.05, 4.69) is 41.8 Å². The summed E-state index contributed by atoms with van der Waals surface area (Å²) in [6, 6.07) is 24.0. The van der Waals surface area contributed by atoms with Crippen molar-refractivity contribution >= 4 is 17.2 Å². The molecule has 0 spiro atoms. The second kappa shape index (κ2) is 10.3. The molecular weight excluding hydrogens is 436 g/mol. The normalized spacial score (nSPS) is 19.1. The molecule has 0 aromatic heterocycles. The molecule has 1 aliphatic heterocycles. The predicted octanol–water partition coefficient (Wildman–Crippen LogP) is 6.85. The lowest BCUT2D eigenvalue weighted by molar-refractivity contribution is -0.116. The lowest BCUT2D eigenvalue weighted by atomic mass is 9.78. The van der Waals surface area contributed by atoms with Crippen LogP contribution in [0.15, 0.2) is 84.1 Å². The molecule has 0 fully saturated rings. The van der Waals surface area contributed by atoms with Gasteiger partial charge < -0.3 is 20.1 Å². The van der Waals surface area contributed by atoms with Crippen LogP contribution >= 0.6 is 0 Å². The number of unbranched alkanes of at least 4 members (excludes halogenated alkanes) is 1. The maximum atomic E-state index is 13.8. The van der Waals surface area contributed by atoms with E-state index in [1.165, 1.54) is 0 Å². The fourth-order valence-electron chi connectivity index (χ4n) is 5.03. The highest BCUT2D eigenvalue weighted by Gasteiger charge is 2.37. The van der Waals surface area contributed by atoms with Crippen LogP contribution in [0.4, 0.5) is 11.4 Å². The van der Waals surface area contributed by atoms with Crippen molar-refractivity contribution in [3.05, 3.63) is 95.2 Å². The zero-order valence-electron chi connectivity index (χ0n) is 20.3. The first-order valence-electron chi connectivity index (χ1n) is 12.4. The van der Waals surface area contributed by atoms with E-state index in [4.69, 9.17) is 9.47 Å². The van der Waals surface area contributed by atoms with Crippen molar-refractivity contribution in [2.75, 3.05) is 24.4 Å². The van der Waals surface area contributed by atoms with Gasteiger partial charge in [0, 0.05) is 23.3 Å². The predicted molar refractivity (Wildman–Crippen MR) is 140 cm³/mol. The van der Waals surface area contributed by atoms with Crippen LogP contribution in [0.5, 0.6) is 11.5 Å². The van der Waals surface area contributed by atoms with Gasteiger partial charge in [0.15, 0.2) is 5.78 Å². The standard InChI is InChI=1S/C30H32N2O3/c1-3-4-16-35-28-15-8-5-12-23(28)30-29-26(31-24-13-6-7-14-25(24)32-30)18-21(19-27(29)33)20-10-9-11-22(17-20)34-2/h5-15,17,21,30-32H,3-4,16,18-19H2,1-2H3. The average molecular weight is 469 g/mol. The molecule has 5 heteroatoms. The number of ketones is 1. The Morgan fingerprint density at radius 1 is 0.943 bits per heavy atom. The van der Waals surface area contributed by atoms with Gasteiger partial charge in [-0.05, 0) is 54.7 Å². The van der Waals surface area contributed by atoms with Crippen LogP contribution in [0.2, 0.25) is 0 Å². The minimum Gasteiger partial charge on any atom is -0.497 e. The van der Waals surface area contributed by atoms with Crippen LogP contribution in [0, 0.1) is 0 Å². The second-order valence-corrected chi connectivity index (χ2v) is 9.18. The summed E-state index contributed by atoms with van der Waals surface area (Å²) in [7, 11) is 1.67. The molecule has 5 nitrogen and oxygen atoms in total. The van der Waals surface area contributed by atoms with E-state index in [1.807, 2.05) is 48.5 Å². The summed E-state index contributed by atoms with van der Waals surface area (Å²) < 4.78 is 11.6. The lowest BCUT2D eigenvalue weighted by Gasteiger charge is -2.30. The van der Waals surface area contributed by atoms with E-state index in [1.54, 1.807) is 7.11 Å². The largest absolute Gasteiger partial charge is 0.497 e. The Balaban J connectivity index is 1.57. The molecule has 0 bridgehead atoms. The molecule has 0 saturated carbocycles. The van der Waals surface area contributed by atoms with Gasteiger partial charge in [-0.3, -0.25) is 4.79 Å². The Labute approximate surface area is 207 Å². The zero-order chi connectivity index (χ0) is 24.2.